The molecule has 0 aliphatic heterocycles. The molecule has 3 aromatic rings. The number of hydrogen-bond donors (Lipinski definition) is 3. The predicted octanol–water partition coefficient (Wildman–Crippen LogP) is 4.14. The van der Waals surface area contributed by atoms with E-state index in [1.54, 1.807) is 13.8 Å². The van der Waals surface area contributed by atoms with Crippen molar-refractivity contribution in [3.05, 3.63) is 89.0 Å². The summed E-state index contributed by atoms with van der Waals surface area (Å²) in [6, 6.07) is 21.3. The van der Waals surface area contributed by atoms with E-state index in [0.29, 0.717) is 12.2 Å². The van der Waals surface area contributed by atoms with E-state index in [9.17, 15) is 15.3 Å². The van der Waals surface area contributed by atoms with E-state index in [1.165, 1.54) is 0 Å². The summed E-state index contributed by atoms with van der Waals surface area (Å²) >= 11 is 0. The Labute approximate surface area is 165 Å². The normalized spacial score (nSPS) is 11.5. The van der Waals surface area contributed by atoms with Gasteiger partial charge in [0, 0.05) is 0 Å². The fraction of sp³-hybridized carbons (Fsp3) is 0.250. The van der Waals surface area contributed by atoms with Crippen LogP contribution in [0.25, 0.3) is 11.1 Å². The summed E-state index contributed by atoms with van der Waals surface area (Å²) in [6.07, 6.45) is 0. The van der Waals surface area contributed by atoms with Gasteiger partial charge in [-0.3, -0.25) is 0 Å². The molecular weight excluding hydrogens is 352 g/mol. The molecule has 0 fully saturated rings. The SMILES string of the molecule is CC(C)(O)c1ccc(-c2cccc(OCc3ccc(CO)c(CO)c3)c2)cc1. The quantitative estimate of drug-likeness (QED) is 0.578. The summed E-state index contributed by atoms with van der Waals surface area (Å²) in [6.45, 7) is 3.71. The van der Waals surface area contributed by atoms with Gasteiger partial charge in [0.1, 0.15) is 12.4 Å². The first-order chi connectivity index (χ1) is 13.4. The van der Waals surface area contributed by atoms with E-state index >= 15 is 0 Å². The minimum Gasteiger partial charge on any atom is -0.489 e. The minimum absolute atomic E-state index is 0.0919. The Morgan fingerprint density at radius 3 is 2.14 bits per heavy atom. The topological polar surface area (TPSA) is 69.9 Å². The Morgan fingerprint density at radius 2 is 1.50 bits per heavy atom. The second-order valence-electron chi connectivity index (χ2n) is 7.37. The van der Waals surface area contributed by atoms with Crippen LogP contribution in [0.3, 0.4) is 0 Å². The third-order valence-corrected chi connectivity index (χ3v) is 4.78. The van der Waals surface area contributed by atoms with Crippen LogP contribution in [0.4, 0.5) is 0 Å². The van der Waals surface area contributed by atoms with Gasteiger partial charge < -0.3 is 20.1 Å². The number of hydrogen-bond acceptors (Lipinski definition) is 4. The Kier molecular flexibility index (Phi) is 6.15. The van der Waals surface area contributed by atoms with Gasteiger partial charge in [0.05, 0.1) is 18.8 Å². The van der Waals surface area contributed by atoms with Crippen molar-refractivity contribution < 1.29 is 20.1 Å². The standard InChI is InChI=1S/C24H26O4/c1-24(2,27)22-10-8-18(9-11-22)19-4-3-5-23(13-19)28-16-17-6-7-20(14-25)21(12-17)15-26/h3-13,25-27H,14-16H2,1-2H3. The smallest absolute Gasteiger partial charge is 0.120 e. The monoisotopic (exact) mass is 378 g/mol. The number of aliphatic hydroxyl groups excluding tert-OH is 2. The van der Waals surface area contributed by atoms with Gasteiger partial charge in [0.2, 0.25) is 0 Å². The molecule has 0 amide bonds. The summed E-state index contributed by atoms with van der Waals surface area (Å²) in [5, 5.41) is 28.8. The highest BCUT2D eigenvalue weighted by Crippen LogP contribution is 2.27. The molecule has 0 atom stereocenters. The molecule has 0 aliphatic carbocycles. The summed E-state index contributed by atoms with van der Waals surface area (Å²) in [7, 11) is 0. The summed E-state index contributed by atoms with van der Waals surface area (Å²) in [4.78, 5) is 0. The van der Waals surface area contributed by atoms with Gasteiger partial charge in [-0.15, -0.1) is 0 Å². The number of benzene rings is 3. The highest BCUT2D eigenvalue weighted by Gasteiger charge is 2.15. The molecule has 0 radical (unpaired) electrons. The molecule has 3 N–H and O–H groups in total. The highest BCUT2D eigenvalue weighted by molar-refractivity contribution is 5.65. The van der Waals surface area contributed by atoms with E-state index in [4.69, 9.17) is 4.74 Å². The zero-order valence-corrected chi connectivity index (χ0v) is 16.2. The molecule has 3 rings (SSSR count). The van der Waals surface area contributed by atoms with Crippen LogP contribution in [0.2, 0.25) is 0 Å². The van der Waals surface area contributed by atoms with Crippen molar-refractivity contribution in [2.24, 2.45) is 0 Å². The Morgan fingerprint density at radius 1 is 0.786 bits per heavy atom. The van der Waals surface area contributed by atoms with Gasteiger partial charge in [-0.25, -0.2) is 0 Å². The van der Waals surface area contributed by atoms with E-state index in [0.717, 1.165) is 33.6 Å². The lowest BCUT2D eigenvalue weighted by atomic mass is 9.95. The number of rotatable bonds is 7. The van der Waals surface area contributed by atoms with Gasteiger partial charge in [-0.1, -0.05) is 48.5 Å². The molecule has 0 bridgehead atoms. The van der Waals surface area contributed by atoms with Crippen molar-refractivity contribution in [2.45, 2.75) is 39.3 Å². The van der Waals surface area contributed by atoms with Crippen LogP contribution in [0, 0.1) is 0 Å². The maximum atomic E-state index is 10.1. The van der Waals surface area contributed by atoms with Crippen LogP contribution in [0.5, 0.6) is 5.75 Å². The number of aliphatic hydroxyl groups is 3. The van der Waals surface area contributed by atoms with Crippen molar-refractivity contribution in [2.75, 3.05) is 0 Å². The summed E-state index contributed by atoms with van der Waals surface area (Å²) in [5.74, 6) is 0.751. The first kappa shape index (κ1) is 20.1. The first-order valence-electron chi connectivity index (χ1n) is 9.29. The molecule has 0 spiro atoms. The zero-order valence-electron chi connectivity index (χ0n) is 16.2. The molecular formula is C24H26O4. The van der Waals surface area contributed by atoms with Crippen LogP contribution >= 0.6 is 0 Å². The van der Waals surface area contributed by atoms with E-state index < -0.39 is 5.60 Å². The minimum atomic E-state index is -0.859. The third-order valence-electron chi connectivity index (χ3n) is 4.78. The second kappa shape index (κ2) is 8.57. The average Bonchev–Trinajstić information content (AvgIpc) is 2.71. The van der Waals surface area contributed by atoms with Crippen molar-refractivity contribution in [3.8, 4) is 16.9 Å². The molecule has 3 aromatic carbocycles. The lowest BCUT2D eigenvalue weighted by molar-refractivity contribution is 0.0786. The van der Waals surface area contributed by atoms with Crippen LogP contribution in [-0.2, 0) is 25.4 Å². The van der Waals surface area contributed by atoms with Gasteiger partial charge in [0.25, 0.3) is 0 Å². The fourth-order valence-electron chi connectivity index (χ4n) is 3.07. The molecule has 4 heteroatoms. The van der Waals surface area contributed by atoms with Crippen molar-refractivity contribution in [1.82, 2.24) is 0 Å². The largest absolute Gasteiger partial charge is 0.489 e. The maximum Gasteiger partial charge on any atom is 0.120 e. The fourth-order valence-corrected chi connectivity index (χ4v) is 3.07. The molecule has 0 heterocycles. The molecule has 0 saturated heterocycles. The van der Waals surface area contributed by atoms with Crippen molar-refractivity contribution in [3.63, 3.8) is 0 Å². The number of ether oxygens (including phenoxy) is 1. The van der Waals surface area contributed by atoms with E-state index in [-0.39, 0.29) is 13.2 Å². The molecule has 0 aromatic heterocycles. The lowest BCUT2D eigenvalue weighted by Gasteiger charge is -2.18. The van der Waals surface area contributed by atoms with Crippen molar-refractivity contribution >= 4 is 0 Å². The first-order valence-corrected chi connectivity index (χ1v) is 9.29. The average molecular weight is 378 g/mol. The van der Waals surface area contributed by atoms with Crippen LogP contribution in [-0.4, -0.2) is 15.3 Å². The third kappa shape index (κ3) is 4.78. The maximum absolute atomic E-state index is 10.1. The van der Waals surface area contributed by atoms with E-state index in [1.807, 2.05) is 66.7 Å². The Bertz CT molecular complexity index is 924. The highest BCUT2D eigenvalue weighted by atomic mass is 16.5. The summed E-state index contributed by atoms with van der Waals surface area (Å²) in [5.41, 5.74) is 4.46. The molecule has 146 valence electrons. The van der Waals surface area contributed by atoms with Gasteiger partial charge >= 0.3 is 0 Å². The van der Waals surface area contributed by atoms with Crippen LogP contribution < -0.4 is 4.74 Å². The van der Waals surface area contributed by atoms with Gasteiger partial charge in [-0.2, -0.15) is 0 Å². The Hall–Kier alpha value is -2.66. The van der Waals surface area contributed by atoms with Crippen molar-refractivity contribution in [1.29, 1.82) is 0 Å². The molecule has 0 unspecified atom stereocenters. The Balaban J connectivity index is 1.73. The van der Waals surface area contributed by atoms with Gasteiger partial charge in [0.15, 0.2) is 0 Å². The van der Waals surface area contributed by atoms with Crippen LogP contribution in [0.1, 0.15) is 36.1 Å². The van der Waals surface area contributed by atoms with E-state index in [2.05, 4.69) is 0 Å². The van der Waals surface area contributed by atoms with Gasteiger partial charge in [-0.05, 0) is 65.4 Å². The predicted molar refractivity (Wildman–Crippen MR) is 110 cm³/mol. The van der Waals surface area contributed by atoms with Crippen LogP contribution in [0.15, 0.2) is 66.7 Å². The second-order valence-corrected chi connectivity index (χ2v) is 7.37. The molecule has 4 nitrogen and oxygen atoms in total. The molecule has 0 aliphatic rings. The molecule has 0 saturated carbocycles. The molecule has 28 heavy (non-hydrogen) atoms. The lowest BCUT2D eigenvalue weighted by Crippen LogP contribution is -2.14. The zero-order chi connectivity index (χ0) is 20.1. The summed E-state index contributed by atoms with van der Waals surface area (Å²) < 4.78 is 5.92.